The van der Waals surface area contributed by atoms with Crippen LogP contribution in [0.4, 0.5) is 17.3 Å². The van der Waals surface area contributed by atoms with Crippen LogP contribution in [-0.4, -0.2) is 15.9 Å². The van der Waals surface area contributed by atoms with Crippen molar-refractivity contribution in [2.24, 2.45) is 0 Å². The van der Waals surface area contributed by atoms with Crippen molar-refractivity contribution in [3.8, 4) is 22.3 Å². The molecule has 0 spiro atoms. The Bertz CT molecular complexity index is 1480. The Morgan fingerprint density at radius 1 is 0.765 bits per heavy atom. The lowest BCUT2D eigenvalue weighted by atomic mass is 9.96. The molecule has 4 aromatic carbocycles. The Hall–Kier alpha value is -4.77. The first-order valence-electron chi connectivity index (χ1n) is 10.9. The molecule has 0 bridgehead atoms. The monoisotopic (exact) mass is 442 g/mol. The third-order valence-electron chi connectivity index (χ3n) is 5.45. The van der Waals surface area contributed by atoms with Crippen LogP contribution in [0.15, 0.2) is 116 Å². The number of nitrogens with zero attached hydrogens (tertiary/aromatic N) is 2. The van der Waals surface area contributed by atoms with Gasteiger partial charge >= 0.3 is 0 Å². The summed E-state index contributed by atoms with van der Waals surface area (Å²) in [5.74, 6) is 0.264. The number of para-hydroxylation sites is 1. The van der Waals surface area contributed by atoms with Gasteiger partial charge < -0.3 is 10.6 Å². The van der Waals surface area contributed by atoms with Gasteiger partial charge in [0.05, 0.1) is 5.52 Å². The first kappa shape index (κ1) is 21.1. The van der Waals surface area contributed by atoms with E-state index in [1.165, 1.54) is 6.08 Å². The number of hydrogen-bond acceptors (Lipinski definition) is 4. The molecule has 0 aliphatic carbocycles. The van der Waals surface area contributed by atoms with Gasteiger partial charge in [0, 0.05) is 28.5 Å². The topological polar surface area (TPSA) is 66.9 Å². The summed E-state index contributed by atoms with van der Waals surface area (Å²) in [7, 11) is 0. The second-order valence-corrected chi connectivity index (χ2v) is 7.79. The van der Waals surface area contributed by atoms with Crippen LogP contribution in [0.2, 0.25) is 0 Å². The number of rotatable bonds is 6. The zero-order valence-electron chi connectivity index (χ0n) is 18.4. The fraction of sp³-hybridized carbons (Fsp3) is 0. The van der Waals surface area contributed by atoms with Crippen LogP contribution < -0.4 is 10.6 Å². The molecular weight excluding hydrogens is 420 g/mol. The van der Waals surface area contributed by atoms with Crippen molar-refractivity contribution in [2.75, 3.05) is 10.6 Å². The minimum Gasteiger partial charge on any atom is -0.324 e. The van der Waals surface area contributed by atoms with Gasteiger partial charge in [0.2, 0.25) is 11.9 Å². The molecule has 1 heterocycles. The molecule has 34 heavy (non-hydrogen) atoms. The molecule has 5 heteroatoms. The Morgan fingerprint density at radius 3 is 2.24 bits per heavy atom. The van der Waals surface area contributed by atoms with E-state index in [4.69, 9.17) is 4.98 Å². The Balaban J connectivity index is 1.66. The first-order chi connectivity index (χ1) is 16.7. The average molecular weight is 443 g/mol. The lowest BCUT2D eigenvalue weighted by Crippen LogP contribution is -2.07. The van der Waals surface area contributed by atoms with Crippen molar-refractivity contribution in [2.45, 2.75) is 0 Å². The minimum atomic E-state index is -0.253. The number of aromatic nitrogens is 2. The summed E-state index contributed by atoms with van der Waals surface area (Å²) >= 11 is 0. The van der Waals surface area contributed by atoms with Crippen LogP contribution in [-0.2, 0) is 4.79 Å². The highest BCUT2D eigenvalue weighted by Gasteiger charge is 2.12. The van der Waals surface area contributed by atoms with Gasteiger partial charge in [0.15, 0.2) is 0 Å². The third kappa shape index (κ3) is 4.54. The summed E-state index contributed by atoms with van der Waals surface area (Å²) in [5, 5.41) is 7.04. The van der Waals surface area contributed by atoms with Crippen molar-refractivity contribution >= 4 is 34.1 Å². The molecule has 0 aliphatic heterocycles. The lowest BCUT2D eigenvalue weighted by Gasteiger charge is -2.13. The van der Waals surface area contributed by atoms with Crippen molar-refractivity contribution < 1.29 is 4.79 Å². The van der Waals surface area contributed by atoms with E-state index in [1.807, 2.05) is 79.0 Å². The second-order valence-electron chi connectivity index (χ2n) is 7.79. The van der Waals surface area contributed by atoms with Gasteiger partial charge in [-0.3, -0.25) is 4.79 Å². The standard InChI is InChI=1S/C29H22N4O/c1-2-27(34)31-25-15-9-12-21(17-25)26-18-22(20-10-5-3-6-11-20)16-23-19-30-29(33-28(23)26)32-24-13-7-4-8-14-24/h2-19H,1H2,(H,31,34)(H,30,32,33). The van der Waals surface area contributed by atoms with Crippen LogP contribution in [0.25, 0.3) is 33.2 Å². The summed E-state index contributed by atoms with van der Waals surface area (Å²) in [6, 6.07) is 32.0. The van der Waals surface area contributed by atoms with Crippen molar-refractivity contribution in [3.63, 3.8) is 0 Å². The maximum Gasteiger partial charge on any atom is 0.247 e. The van der Waals surface area contributed by atoms with Gasteiger partial charge in [-0.25, -0.2) is 9.97 Å². The molecule has 5 nitrogen and oxygen atoms in total. The summed E-state index contributed by atoms with van der Waals surface area (Å²) < 4.78 is 0. The van der Waals surface area contributed by atoms with Gasteiger partial charge in [-0.2, -0.15) is 0 Å². The number of benzene rings is 4. The largest absolute Gasteiger partial charge is 0.324 e. The zero-order valence-corrected chi connectivity index (χ0v) is 18.4. The highest BCUT2D eigenvalue weighted by Crippen LogP contribution is 2.34. The second kappa shape index (κ2) is 9.38. The number of amides is 1. The molecular formula is C29H22N4O. The molecule has 0 saturated carbocycles. The number of fused-ring (bicyclic) bond motifs is 1. The van der Waals surface area contributed by atoms with E-state index in [-0.39, 0.29) is 5.91 Å². The van der Waals surface area contributed by atoms with Gasteiger partial charge in [-0.05, 0) is 59.2 Å². The Kier molecular flexibility index (Phi) is 5.82. The van der Waals surface area contributed by atoms with E-state index >= 15 is 0 Å². The maximum atomic E-state index is 11.8. The molecule has 1 amide bonds. The molecule has 164 valence electrons. The normalized spacial score (nSPS) is 10.6. The van der Waals surface area contributed by atoms with Gasteiger partial charge in [-0.15, -0.1) is 0 Å². The molecule has 1 aromatic heterocycles. The third-order valence-corrected chi connectivity index (χ3v) is 5.45. The smallest absolute Gasteiger partial charge is 0.247 e. The van der Waals surface area contributed by atoms with Crippen LogP contribution in [0.1, 0.15) is 0 Å². The van der Waals surface area contributed by atoms with Gasteiger partial charge in [-0.1, -0.05) is 67.2 Å². The molecule has 0 aliphatic rings. The average Bonchev–Trinajstić information content (AvgIpc) is 2.89. The molecule has 5 rings (SSSR count). The SMILES string of the molecule is C=CC(=O)Nc1cccc(-c2cc(-c3ccccc3)cc3cnc(Nc4ccccc4)nc23)c1. The van der Waals surface area contributed by atoms with Gasteiger partial charge in [0.25, 0.3) is 0 Å². The first-order valence-corrected chi connectivity index (χ1v) is 10.9. The van der Waals surface area contributed by atoms with E-state index in [0.29, 0.717) is 11.6 Å². The summed E-state index contributed by atoms with van der Waals surface area (Å²) in [4.78, 5) is 21.3. The number of hydrogen-bond donors (Lipinski definition) is 2. The summed E-state index contributed by atoms with van der Waals surface area (Å²) in [5.41, 5.74) is 6.49. The minimum absolute atomic E-state index is 0.253. The van der Waals surface area contributed by atoms with E-state index in [1.54, 1.807) is 0 Å². The highest BCUT2D eigenvalue weighted by atomic mass is 16.1. The van der Waals surface area contributed by atoms with Crippen LogP contribution in [0.5, 0.6) is 0 Å². The number of nitrogens with one attached hydrogen (secondary N) is 2. The van der Waals surface area contributed by atoms with Crippen LogP contribution >= 0.6 is 0 Å². The number of carbonyl (C=O) groups is 1. The van der Waals surface area contributed by atoms with Crippen molar-refractivity contribution in [1.29, 1.82) is 0 Å². The predicted octanol–water partition coefficient (Wildman–Crippen LogP) is 6.83. The Morgan fingerprint density at radius 2 is 1.47 bits per heavy atom. The van der Waals surface area contributed by atoms with E-state index in [0.717, 1.165) is 38.8 Å². The molecule has 0 fully saturated rings. The fourth-order valence-electron chi connectivity index (χ4n) is 3.83. The zero-order chi connectivity index (χ0) is 23.3. The molecule has 0 unspecified atom stereocenters. The quantitative estimate of drug-likeness (QED) is 0.283. The van der Waals surface area contributed by atoms with E-state index in [9.17, 15) is 4.79 Å². The number of anilines is 3. The van der Waals surface area contributed by atoms with Gasteiger partial charge in [0.1, 0.15) is 0 Å². The summed E-state index contributed by atoms with van der Waals surface area (Å²) in [6.07, 6.45) is 3.10. The molecule has 0 radical (unpaired) electrons. The lowest BCUT2D eigenvalue weighted by molar-refractivity contribution is -0.111. The molecule has 0 saturated heterocycles. The highest BCUT2D eigenvalue weighted by molar-refractivity contribution is 6.01. The molecule has 5 aromatic rings. The van der Waals surface area contributed by atoms with Crippen molar-refractivity contribution in [3.05, 3.63) is 116 Å². The van der Waals surface area contributed by atoms with E-state index in [2.05, 4.69) is 46.5 Å². The van der Waals surface area contributed by atoms with Crippen molar-refractivity contribution in [1.82, 2.24) is 9.97 Å². The molecule has 2 N–H and O–H groups in total. The molecule has 0 atom stereocenters. The van der Waals surface area contributed by atoms with Crippen LogP contribution in [0.3, 0.4) is 0 Å². The fourth-order valence-corrected chi connectivity index (χ4v) is 3.83. The summed E-state index contributed by atoms with van der Waals surface area (Å²) in [6.45, 7) is 3.53. The van der Waals surface area contributed by atoms with Crippen LogP contribution in [0, 0.1) is 0 Å². The van der Waals surface area contributed by atoms with E-state index < -0.39 is 0 Å². The maximum absolute atomic E-state index is 11.8. The Labute approximate surface area is 197 Å². The number of carbonyl (C=O) groups excluding carboxylic acids is 1. The predicted molar refractivity (Wildman–Crippen MR) is 139 cm³/mol.